The van der Waals surface area contributed by atoms with Gasteiger partial charge in [-0.15, -0.1) is 0 Å². The van der Waals surface area contributed by atoms with Crippen LogP contribution in [0.4, 0.5) is 11.9 Å². The molecule has 4 amide bonds. The maximum atomic E-state index is 13.3. The summed E-state index contributed by atoms with van der Waals surface area (Å²) in [6, 6.07) is 5.55. The van der Waals surface area contributed by atoms with Crippen molar-refractivity contribution >= 4 is 69.0 Å². The molecule has 4 rings (SSSR count). The number of nitrogens with one attached hydrogen (secondary N) is 2. The minimum absolute atomic E-state index is 0.0160. The number of carbonyl (C=O) groups is 4. The van der Waals surface area contributed by atoms with Crippen molar-refractivity contribution in [1.82, 2.24) is 19.1 Å². The van der Waals surface area contributed by atoms with E-state index in [2.05, 4.69) is 30.6 Å². The number of hydrogen-bond donors (Lipinski definition) is 7. The van der Waals surface area contributed by atoms with Crippen LogP contribution in [0.3, 0.4) is 0 Å². The zero-order chi connectivity index (χ0) is 39.0. The first-order chi connectivity index (χ1) is 25.2. The van der Waals surface area contributed by atoms with E-state index in [0.717, 1.165) is 0 Å². The van der Waals surface area contributed by atoms with E-state index in [1.54, 1.807) is 44.4 Å². The molecule has 18 heteroatoms. The van der Waals surface area contributed by atoms with Crippen molar-refractivity contribution in [1.29, 1.82) is 0 Å². The maximum absolute atomic E-state index is 13.3. The number of aliphatic imine (C=N–C) groups is 2. The number of rotatable bonds is 15. The number of nitrogens with two attached hydrogens (primary N) is 4. The van der Waals surface area contributed by atoms with Crippen LogP contribution in [0, 0.1) is 0 Å². The minimum Gasteiger partial charge on any atom is -0.506 e. The summed E-state index contributed by atoms with van der Waals surface area (Å²) in [7, 11) is 1.42. The predicted octanol–water partition coefficient (Wildman–Crippen LogP) is 2.08. The Labute approximate surface area is 304 Å². The van der Waals surface area contributed by atoms with Crippen molar-refractivity contribution in [2.45, 2.75) is 40.8 Å². The molecule has 0 fully saturated rings. The number of primary amides is 2. The van der Waals surface area contributed by atoms with Crippen molar-refractivity contribution in [3.05, 3.63) is 71.1 Å². The number of phenols is 1. The second-order valence-electron chi connectivity index (χ2n) is 11.6. The van der Waals surface area contributed by atoms with Gasteiger partial charge in [0.15, 0.2) is 0 Å². The summed E-state index contributed by atoms with van der Waals surface area (Å²) in [6.45, 7) is 7.56. The van der Waals surface area contributed by atoms with Crippen LogP contribution in [0.5, 0.6) is 11.5 Å². The summed E-state index contributed by atoms with van der Waals surface area (Å²) in [4.78, 5) is 68.1. The van der Waals surface area contributed by atoms with Crippen LogP contribution < -0.4 is 38.3 Å². The fourth-order valence-corrected chi connectivity index (χ4v) is 5.29. The van der Waals surface area contributed by atoms with Gasteiger partial charge in [0.1, 0.15) is 34.0 Å². The second-order valence-corrected chi connectivity index (χ2v) is 11.6. The van der Waals surface area contributed by atoms with Gasteiger partial charge in [0.05, 0.1) is 18.1 Å². The number of carbonyl (C=O) groups excluding carboxylic acids is 4. The summed E-state index contributed by atoms with van der Waals surface area (Å²) >= 11 is 0. The van der Waals surface area contributed by atoms with Crippen LogP contribution in [0.1, 0.15) is 48.4 Å². The summed E-state index contributed by atoms with van der Waals surface area (Å²) in [5.74, 6) is -2.56. The van der Waals surface area contributed by atoms with Gasteiger partial charge >= 0.3 is 0 Å². The molecule has 18 nitrogen and oxygen atoms in total. The standard InChI is InChI=1S/C35H42N12O6/c1-6-40-24(12-18(3)36)32(51)44-34-42-22-14-20(30(38)49)16-26(48)28(22)46(34)10-8-9-11-47-29-23(15-21(31(39)50)17-27(29)53-5)43-35(47)45-33(52)25(41-7-2)13-19(4)37/h8-9,12-17,48H,6-7,10-11,36-37H2,1-5H3,(H2,38,49)(H2,39,50)(H,42,44,51)(H,43,45,52)/b9-8+,18-12-,19-13-,40-24?,41-25?. The Morgan fingerprint density at radius 2 is 1.19 bits per heavy atom. The van der Waals surface area contributed by atoms with Gasteiger partial charge in [-0.3, -0.25) is 39.8 Å². The number of hydrogen-bond acceptors (Lipinski definition) is 12. The number of imidazole rings is 2. The van der Waals surface area contributed by atoms with Gasteiger partial charge in [-0.25, -0.2) is 9.97 Å². The molecule has 0 aliphatic rings. The molecular weight excluding hydrogens is 684 g/mol. The maximum Gasteiger partial charge on any atom is 0.276 e. The number of methoxy groups -OCH3 is 1. The number of phenolic OH excluding ortho intramolecular Hbond substituents is 1. The second kappa shape index (κ2) is 16.8. The lowest BCUT2D eigenvalue weighted by atomic mass is 10.1. The van der Waals surface area contributed by atoms with Gasteiger partial charge in [-0.1, -0.05) is 12.2 Å². The fraction of sp³-hybridized carbons (Fsp3) is 0.257. The summed E-state index contributed by atoms with van der Waals surface area (Å²) in [5, 5.41) is 16.5. The van der Waals surface area contributed by atoms with E-state index in [0.29, 0.717) is 35.5 Å². The Bertz CT molecular complexity index is 2250. The van der Waals surface area contributed by atoms with E-state index in [1.807, 2.05) is 0 Å². The van der Waals surface area contributed by atoms with Gasteiger partial charge in [0.2, 0.25) is 23.7 Å². The molecule has 0 saturated heterocycles. The third-order valence-corrected chi connectivity index (χ3v) is 7.46. The normalized spacial score (nSPS) is 12.8. The van der Waals surface area contributed by atoms with Gasteiger partial charge in [0, 0.05) is 48.7 Å². The first kappa shape index (κ1) is 38.8. The topological polar surface area (TPSA) is 286 Å². The van der Waals surface area contributed by atoms with Gasteiger partial charge in [-0.05, 0) is 64.1 Å². The SMILES string of the molecule is CCN=C(/C=C(/C)N)C(=O)Nc1nc2cc(C(N)=O)cc(O)c2n1C/C=C/Cn1c(NC(=O)C(/C=C(/C)N)=NCC)nc2cc(C(N)=O)cc(OC)c21. The molecule has 53 heavy (non-hydrogen) atoms. The Hall–Kier alpha value is -6.98. The van der Waals surface area contributed by atoms with E-state index in [4.69, 9.17) is 27.7 Å². The van der Waals surface area contributed by atoms with E-state index in [1.165, 1.54) is 48.1 Å². The van der Waals surface area contributed by atoms with E-state index >= 15 is 0 Å². The zero-order valence-corrected chi connectivity index (χ0v) is 29.9. The van der Waals surface area contributed by atoms with Crippen molar-refractivity contribution in [3.63, 3.8) is 0 Å². The lowest BCUT2D eigenvalue weighted by molar-refractivity contribution is -0.111. The Morgan fingerprint density at radius 1 is 0.755 bits per heavy atom. The third kappa shape index (κ3) is 9.04. The molecular formula is C35H42N12O6. The molecule has 0 aliphatic heterocycles. The first-order valence-corrected chi connectivity index (χ1v) is 16.3. The quantitative estimate of drug-likeness (QED) is 0.0691. The molecule has 2 aromatic heterocycles. The van der Waals surface area contributed by atoms with Crippen molar-refractivity contribution in [2.24, 2.45) is 32.9 Å². The largest absolute Gasteiger partial charge is 0.506 e. The van der Waals surface area contributed by atoms with Crippen LogP contribution in [-0.2, 0) is 22.7 Å². The molecule has 0 radical (unpaired) electrons. The Kier molecular flexibility index (Phi) is 12.3. The zero-order valence-electron chi connectivity index (χ0n) is 29.9. The van der Waals surface area contributed by atoms with Crippen LogP contribution in [-0.4, -0.2) is 79.5 Å². The Morgan fingerprint density at radius 3 is 1.60 bits per heavy atom. The molecule has 4 aromatic rings. The van der Waals surface area contributed by atoms with Gasteiger partial charge in [-0.2, -0.15) is 0 Å². The lowest BCUT2D eigenvalue weighted by Crippen LogP contribution is -2.24. The highest BCUT2D eigenvalue weighted by molar-refractivity contribution is 6.47. The molecule has 2 heterocycles. The summed E-state index contributed by atoms with van der Waals surface area (Å²) in [5.41, 5.74) is 24.8. The minimum atomic E-state index is -0.778. The summed E-state index contributed by atoms with van der Waals surface area (Å²) < 4.78 is 8.76. The molecule has 0 aliphatic carbocycles. The van der Waals surface area contributed by atoms with Gasteiger partial charge in [0.25, 0.3) is 11.8 Å². The average Bonchev–Trinajstić information content (AvgIpc) is 3.62. The van der Waals surface area contributed by atoms with Crippen LogP contribution in [0.15, 0.2) is 69.9 Å². The number of nitrogens with zero attached hydrogens (tertiary/aromatic N) is 6. The molecule has 0 bridgehead atoms. The average molecular weight is 727 g/mol. The number of ether oxygens (including phenoxy) is 1. The predicted molar refractivity (Wildman–Crippen MR) is 203 cm³/mol. The third-order valence-electron chi connectivity index (χ3n) is 7.46. The molecule has 0 atom stereocenters. The number of fused-ring (bicyclic) bond motifs is 2. The van der Waals surface area contributed by atoms with E-state index in [9.17, 15) is 24.3 Å². The highest BCUT2D eigenvalue weighted by Crippen LogP contribution is 2.32. The summed E-state index contributed by atoms with van der Waals surface area (Å²) in [6.07, 6.45) is 6.32. The number of anilines is 2. The molecule has 11 N–H and O–H groups in total. The lowest BCUT2D eigenvalue weighted by Gasteiger charge is -2.12. The Balaban J connectivity index is 1.79. The number of benzene rings is 2. The highest BCUT2D eigenvalue weighted by atomic mass is 16.5. The molecule has 2 aromatic carbocycles. The molecule has 0 spiro atoms. The number of aromatic nitrogens is 4. The first-order valence-electron chi connectivity index (χ1n) is 16.3. The molecule has 278 valence electrons. The molecule has 0 saturated carbocycles. The van der Waals surface area contributed by atoms with Crippen LogP contribution in [0.25, 0.3) is 22.1 Å². The number of aromatic hydroxyl groups is 1. The van der Waals surface area contributed by atoms with Crippen LogP contribution in [0.2, 0.25) is 0 Å². The molecule has 0 unspecified atom stereocenters. The smallest absolute Gasteiger partial charge is 0.276 e. The highest BCUT2D eigenvalue weighted by Gasteiger charge is 2.22. The van der Waals surface area contributed by atoms with Crippen molar-refractivity contribution in [3.8, 4) is 11.5 Å². The number of amides is 4. The van der Waals surface area contributed by atoms with Crippen molar-refractivity contribution < 1.29 is 29.0 Å². The fourth-order valence-electron chi connectivity index (χ4n) is 5.29. The number of allylic oxidation sites excluding steroid dienone is 4. The van der Waals surface area contributed by atoms with E-state index in [-0.39, 0.29) is 70.1 Å². The van der Waals surface area contributed by atoms with Crippen LogP contribution >= 0.6 is 0 Å². The monoisotopic (exact) mass is 726 g/mol. The van der Waals surface area contributed by atoms with Crippen molar-refractivity contribution in [2.75, 3.05) is 30.8 Å². The van der Waals surface area contributed by atoms with Gasteiger partial charge < -0.3 is 41.9 Å². The van der Waals surface area contributed by atoms with E-state index < -0.39 is 23.6 Å².